The van der Waals surface area contributed by atoms with Crippen molar-refractivity contribution in [1.82, 2.24) is 5.32 Å². The summed E-state index contributed by atoms with van der Waals surface area (Å²) in [7, 11) is -4.50. The van der Waals surface area contributed by atoms with Gasteiger partial charge in [-0.2, -0.15) is 43.7 Å². The van der Waals surface area contributed by atoms with Crippen molar-refractivity contribution >= 4 is 105 Å². The Kier molecular flexibility index (Phi) is 70.0. The minimum absolute atomic E-state index is 0. The average molecular weight is 1660 g/mol. The molecule has 7 unspecified atom stereocenters. The molecule has 628 valence electrons. The van der Waals surface area contributed by atoms with Crippen molar-refractivity contribution in [3.63, 3.8) is 0 Å². The van der Waals surface area contributed by atoms with Gasteiger partial charge >= 0.3 is 111 Å². The van der Waals surface area contributed by atoms with Crippen LogP contribution >= 0.6 is 35.3 Å². The maximum Gasteiger partial charge on any atom is 1.00 e. The van der Waals surface area contributed by atoms with Gasteiger partial charge in [-0.15, -0.1) is 0 Å². The second kappa shape index (κ2) is 68.5. The molecule has 30 nitrogen and oxygen atoms in total. The Morgan fingerprint density at radius 3 is 1.36 bits per heavy atom. The van der Waals surface area contributed by atoms with Crippen LogP contribution in [0.3, 0.4) is 0 Å². The first-order valence-electron chi connectivity index (χ1n) is 36.7. The number of ether oxygens (including phenoxy) is 12. The number of hydrogen-bond donors (Lipinski definition) is 4. The Bertz CT molecular complexity index is 2680. The topological polar surface area (TPSA) is 421 Å². The molecule has 109 heavy (non-hydrogen) atoms. The zero-order valence-corrected chi connectivity index (χ0v) is 73.2. The van der Waals surface area contributed by atoms with Crippen LogP contribution in [-0.4, -0.2) is 241 Å². The second-order valence-corrected chi connectivity index (χ2v) is 32.5. The molecule has 35 heteroatoms. The molecule has 0 aromatic carbocycles. The minimum Gasteiger partial charge on any atom is -0.707 e. The van der Waals surface area contributed by atoms with Crippen LogP contribution in [0.1, 0.15) is 185 Å². The van der Waals surface area contributed by atoms with E-state index in [1.54, 1.807) is 65.1 Å². The molecule has 0 aromatic heterocycles. The Labute approximate surface area is 702 Å². The molecule has 7 atom stereocenters. The molecule has 0 aromatic rings. The van der Waals surface area contributed by atoms with Gasteiger partial charge in [0, 0.05) is 86.6 Å². The summed E-state index contributed by atoms with van der Waals surface area (Å²) in [4.78, 5) is 121. The Morgan fingerprint density at radius 2 is 0.908 bits per heavy atom. The summed E-state index contributed by atoms with van der Waals surface area (Å²) in [5.41, 5.74) is -3.99. The zero-order valence-electron chi connectivity index (χ0n) is 66.8. The Balaban J connectivity index is -0.000000757. The maximum atomic E-state index is 12.8. The molecule has 0 aliphatic rings. The van der Waals surface area contributed by atoms with E-state index in [0.717, 1.165) is 106 Å². The van der Waals surface area contributed by atoms with Crippen LogP contribution in [-0.2, 0) is 114 Å². The van der Waals surface area contributed by atoms with Crippen LogP contribution in [0.15, 0.2) is 38.0 Å². The summed E-state index contributed by atoms with van der Waals surface area (Å²) in [5, 5.41) is 39.5. The molecule has 1 amide bonds. The smallest absolute Gasteiger partial charge is 0.707 e. The largest absolute Gasteiger partial charge is 1.00 e. The summed E-state index contributed by atoms with van der Waals surface area (Å²) in [6.07, 6.45) is 10.9. The van der Waals surface area contributed by atoms with Crippen molar-refractivity contribution in [3.8, 4) is 0 Å². The van der Waals surface area contributed by atoms with Gasteiger partial charge in [0.05, 0.1) is 50.1 Å². The third-order valence-electron chi connectivity index (χ3n) is 15.6. The first-order chi connectivity index (χ1) is 51.0. The predicted molar refractivity (Wildman–Crippen MR) is 409 cm³/mol. The van der Waals surface area contributed by atoms with E-state index in [-0.39, 0.29) is 174 Å². The molecule has 0 saturated carbocycles. The minimum atomic E-state index is -4.50. The summed E-state index contributed by atoms with van der Waals surface area (Å²) >= 11 is 4.66. The number of hydrogen-bond acceptors (Lipinski definition) is 32. The molecule has 0 heterocycles. The molecule has 0 bridgehead atoms. The number of alkyl carbamates (subject to hydrolysis) is 1. The fourth-order valence-corrected chi connectivity index (χ4v) is 11.4. The molecule has 0 aliphatic carbocycles. The SMILES string of the molecule is C=CC(=O)OCC(C)(COC(=O)CCSCCCCCO)CC(=O)OC(COCC(C)CC)CS(=O)(=O)O[O-].C=CC(=O)OCC(C)(COC(=O)CCSCCCCCO)NC(=O)OCCCOCC(C)CC.C=CC(=O)OCC(C)(COC(=O)CSCCCCCO)CC(=O)OC(C)COC(=O)C(C)(C)CC.[K+]. The second-order valence-electron chi connectivity index (χ2n) is 27.4. The number of amides is 1. The van der Waals surface area contributed by atoms with E-state index < -0.39 is 110 Å². The van der Waals surface area contributed by atoms with Gasteiger partial charge in [0.2, 0.25) is 0 Å². The van der Waals surface area contributed by atoms with E-state index >= 15 is 0 Å². The van der Waals surface area contributed by atoms with Crippen molar-refractivity contribution in [3.05, 3.63) is 38.0 Å². The van der Waals surface area contributed by atoms with E-state index in [1.807, 2.05) is 20.8 Å². The van der Waals surface area contributed by atoms with E-state index in [1.165, 1.54) is 11.8 Å². The van der Waals surface area contributed by atoms with Gasteiger partial charge in [-0.25, -0.2) is 19.2 Å². The number of carbonyl (C=O) groups is 10. The van der Waals surface area contributed by atoms with E-state index in [2.05, 4.69) is 43.2 Å². The quantitative estimate of drug-likeness (QED) is 0.0111. The Hall–Kier alpha value is -3.92. The predicted octanol–water partition coefficient (Wildman–Crippen LogP) is 5.49. The maximum absolute atomic E-state index is 12.8. The van der Waals surface area contributed by atoms with Crippen LogP contribution in [0.5, 0.6) is 0 Å². The first kappa shape index (κ1) is 111. The number of nitrogens with one attached hydrogen (secondary N) is 1. The van der Waals surface area contributed by atoms with Gasteiger partial charge in [0.1, 0.15) is 69.7 Å². The molecule has 0 rings (SSSR count). The molecule has 0 saturated heterocycles. The molecule has 4 N–H and O–H groups in total. The summed E-state index contributed by atoms with van der Waals surface area (Å²) in [6, 6.07) is 0. The van der Waals surface area contributed by atoms with E-state index in [4.69, 9.17) is 72.2 Å². The summed E-state index contributed by atoms with van der Waals surface area (Å²) < 4.78 is 89.9. The Morgan fingerprint density at radius 1 is 0.486 bits per heavy atom. The van der Waals surface area contributed by atoms with Crippen LogP contribution in [0, 0.1) is 28.1 Å². The number of carbonyl (C=O) groups excluding carboxylic acids is 10. The van der Waals surface area contributed by atoms with Crippen LogP contribution in [0.25, 0.3) is 0 Å². The van der Waals surface area contributed by atoms with Crippen molar-refractivity contribution < 1.29 is 190 Å². The van der Waals surface area contributed by atoms with Crippen molar-refractivity contribution in [2.45, 2.75) is 203 Å². The molecule has 0 aliphatic heterocycles. The number of aliphatic hydroxyl groups is 3. The number of unbranched alkanes of at least 4 members (excludes halogenated alkanes) is 6. The van der Waals surface area contributed by atoms with Gasteiger partial charge in [-0.05, 0) is 102 Å². The molecular weight excluding hydrogens is 1530 g/mol. The van der Waals surface area contributed by atoms with Crippen molar-refractivity contribution in [2.24, 2.45) is 28.1 Å². The third kappa shape index (κ3) is 66.1. The van der Waals surface area contributed by atoms with Gasteiger partial charge in [-0.1, -0.05) is 100 Å². The number of thioether (sulfide) groups is 3. The third-order valence-corrected chi connectivity index (χ3v) is 19.7. The van der Waals surface area contributed by atoms with Crippen molar-refractivity contribution in [2.75, 3.05) is 139 Å². The standard InChI is InChI=1S/C25H44O12S2.C25H42O9S.C24H43NO8S.K/c1-5-20(3)15-33-16-21(17-39(31,32)37-30)36-24(29)14-25(4,18-34-22(27)6-2)19-35-23(28)10-13-38-12-9-7-8-11-26;1-7-20(27)32-17-25(6,18-33-22(29)16-35-13-11-9-10-12-26)14-21(28)34-19(3)15-31-23(30)24(4,5)8-2;1-5-20(3)17-30-13-10-14-31-23(29)25-24(4,18-32-21(27)6-2)19-33-22(28)11-16-34-15-9-7-8-12-26;/h6,20-21,26,30H,2,5,7-19H2,1,3-4H3;7,19,26H,1,8-18H2,2-6H3;6,20,26H,2,5,7-19H2,1,3-4H3,(H,25,29);/q;;;+1/p-1. The van der Waals surface area contributed by atoms with Gasteiger partial charge in [0.15, 0.2) is 0 Å². The number of rotatable bonds is 64. The van der Waals surface area contributed by atoms with E-state index in [9.17, 15) is 61.6 Å². The molecule has 0 radical (unpaired) electrons. The molecule has 0 fully saturated rings. The summed E-state index contributed by atoms with van der Waals surface area (Å²) in [6.45, 7) is 30.4. The normalized spacial score (nSPS) is 13.8. The zero-order chi connectivity index (χ0) is 82.3. The van der Waals surface area contributed by atoms with Crippen molar-refractivity contribution in [1.29, 1.82) is 0 Å². The first-order valence-corrected chi connectivity index (χ1v) is 41.7. The fourth-order valence-electron chi connectivity index (χ4n) is 8.04. The number of esters is 9. The van der Waals surface area contributed by atoms with Crippen LogP contribution < -0.4 is 62.0 Å². The fraction of sp³-hybridized carbons (Fsp3) is 0.784. The van der Waals surface area contributed by atoms with Gasteiger partial charge in [0.25, 0.3) is 10.1 Å². The van der Waals surface area contributed by atoms with E-state index in [0.29, 0.717) is 43.5 Å². The van der Waals surface area contributed by atoms with Crippen LogP contribution in [0.2, 0.25) is 0 Å². The van der Waals surface area contributed by atoms with Crippen LogP contribution in [0.4, 0.5) is 4.79 Å². The molecule has 0 spiro atoms. The number of aliphatic hydroxyl groups excluding tert-OH is 3. The summed E-state index contributed by atoms with van der Waals surface area (Å²) in [5.74, 6) is -1.63. The molecular formula is C74H128KNO29S4. The van der Waals surface area contributed by atoms with Gasteiger partial charge in [-0.3, -0.25) is 28.8 Å². The van der Waals surface area contributed by atoms with Gasteiger partial charge < -0.3 is 87.1 Å². The monoisotopic (exact) mass is 1660 g/mol. The average Bonchev–Trinajstić information content (AvgIpc) is 0.874.